The lowest BCUT2D eigenvalue weighted by Gasteiger charge is -2.31. The fourth-order valence-corrected chi connectivity index (χ4v) is 4.70. The van der Waals surface area contributed by atoms with E-state index in [0.29, 0.717) is 60.7 Å². The second-order valence-electron chi connectivity index (χ2n) is 9.98. The van der Waals surface area contributed by atoms with E-state index in [1.807, 2.05) is 19.9 Å². The first-order valence-corrected chi connectivity index (χ1v) is 13.6. The molecule has 0 saturated carbocycles. The Balaban J connectivity index is 1.27. The van der Waals surface area contributed by atoms with Gasteiger partial charge in [0, 0.05) is 43.0 Å². The molecule has 41 heavy (non-hydrogen) atoms. The van der Waals surface area contributed by atoms with Crippen LogP contribution in [0.5, 0.6) is 0 Å². The summed E-state index contributed by atoms with van der Waals surface area (Å²) in [5.74, 6) is -0.408. The Hall–Kier alpha value is -4.61. The van der Waals surface area contributed by atoms with Gasteiger partial charge in [0.05, 0.1) is 22.4 Å². The molecule has 4 aromatic rings. The van der Waals surface area contributed by atoms with E-state index >= 15 is 0 Å². The van der Waals surface area contributed by atoms with Crippen LogP contribution in [0.4, 0.5) is 5.69 Å². The number of hydrogen-bond acceptors (Lipinski definition) is 8. The van der Waals surface area contributed by atoms with Crippen molar-refractivity contribution >= 4 is 34.4 Å². The molecule has 0 radical (unpaired) electrons. The van der Waals surface area contributed by atoms with Gasteiger partial charge in [-0.05, 0) is 69.3 Å². The number of furan rings is 1. The molecule has 1 aliphatic heterocycles. The van der Waals surface area contributed by atoms with E-state index in [1.165, 1.54) is 0 Å². The van der Waals surface area contributed by atoms with Crippen molar-refractivity contribution in [1.29, 1.82) is 0 Å². The molecular weight excluding hydrogens is 522 g/mol. The smallest absolute Gasteiger partial charge is 0.287 e. The van der Waals surface area contributed by atoms with E-state index in [0.717, 1.165) is 16.9 Å². The maximum Gasteiger partial charge on any atom is 0.287 e. The van der Waals surface area contributed by atoms with Crippen molar-refractivity contribution in [3.8, 4) is 11.3 Å². The third kappa shape index (κ3) is 6.42. The summed E-state index contributed by atoms with van der Waals surface area (Å²) in [6, 6.07) is 14.9. The van der Waals surface area contributed by atoms with Gasteiger partial charge in [-0.1, -0.05) is 12.1 Å². The first-order valence-electron chi connectivity index (χ1n) is 13.6. The van der Waals surface area contributed by atoms with Crippen LogP contribution >= 0.6 is 0 Å². The quantitative estimate of drug-likeness (QED) is 0.259. The Morgan fingerprint density at radius 1 is 0.976 bits per heavy atom. The molecule has 0 spiro atoms. The Bertz CT molecular complexity index is 1590. The number of benzene rings is 2. The number of piperazine rings is 1. The predicted molar refractivity (Wildman–Crippen MR) is 155 cm³/mol. The molecule has 1 atom stereocenters. The van der Waals surface area contributed by atoms with Crippen molar-refractivity contribution in [3.05, 3.63) is 77.3 Å². The number of carbonyl (C=O) groups excluding carboxylic acids is 3. The standard InChI is InChI=1S/C30H33N7O4/c1-18-19(2)34-25-17-21(6-7-23(25)33-18)28(38)35-22-5-3-4-20(16-22)26-8-9-27(41-26)29(39)36-24(10-11-31)30(40)37-14-12-32-13-15-37/h3-9,16-17,24,32H,10-15,31H2,1-2H3,(H,35,38)(H,36,39)/t24-/m1/s1. The minimum Gasteiger partial charge on any atom is -0.451 e. The summed E-state index contributed by atoms with van der Waals surface area (Å²) in [5.41, 5.74) is 10.5. The highest BCUT2D eigenvalue weighted by atomic mass is 16.4. The number of fused-ring (bicyclic) bond motifs is 1. The van der Waals surface area contributed by atoms with E-state index in [2.05, 4.69) is 25.9 Å². The fraction of sp³-hybridized carbons (Fsp3) is 0.300. The summed E-state index contributed by atoms with van der Waals surface area (Å²) in [4.78, 5) is 49.7. The number of aryl methyl sites for hydroxylation is 2. The zero-order valence-electron chi connectivity index (χ0n) is 23.1. The predicted octanol–water partition coefficient (Wildman–Crippen LogP) is 2.64. The highest BCUT2D eigenvalue weighted by Gasteiger charge is 2.27. The molecule has 0 bridgehead atoms. The zero-order valence-corrected chi connectivity index (χ0v) is 23.1. The van der Waals surface area contributed by atoms with Crippen LogP contribution in [0.25, 0.3) is 22.4 Å². The van der Waals surface area contributed by atoms with Crippen molar-refractivity contribution in [3.63, 3.8) is 0 Å². The second kappa shape index (κ2) is 12.3. The lowest BCUT2D eigenvalue weighted by atomic mass is 10.1. The van der Waals surface area contributed by atoms with Crippen molar-refractivity contribution in [2.75, 3.05) is 38.0 Å². The van der Waals surface area contributed by atoms with Gasteiger partial charge in [-0.15, -0.1) is 0 Å². The number of carbonyl (C=O) groups is 3. The van der Waals surface area contributed by atoms with Gasteiger partial charge in [0.1, 0.15) is 11.8 Å². The monoisotopic (exact) mass is 555 g/mol. The number of nitrogens with zero attached hydrogens (tertiary/aromatic N) is 3. The highest BCUT2D eigenvalue weighted by Crippen LogP contribution is 2.26. The molecule has 2 aromatic carbocycles. The SMILES string of the molecule is Cc1nc2ccc(C(=O)Nc3cccc(-c4ccc(C(=O)N[C@H](CCN)C(=O)N5CCNCC5)o4)c3)cc2nc1C. The van der Waals surface area contributed by atoms with Crippen molar-refractivity contribution in [2.24, 2.45) is 5.73 Å². The molecule has 11 nitrogen and oxygen atoms in total. The molecular formula is C30H33N7O4. The Labute approximate surface area is 237 Å². The van der Waals surface area contributed by atoms with Crippen LogP contribution in [-0.4, -0.2) is 71.4 Å². The van der Waals surface area contributed by atoms with Crippen LogP contribution < -0.4 is 21.7 Å². The summed E-state index contributed by atoms with van der Waals surface area (Å²) in [5, 5.41) is 8.89. The minimum atomic E-state index is -0.730. The molecule has 3 heterocycles. The number of aromatic nitrogens is 2. The van der Waals surface area contributed by atoms with Gasteiger partial charge in [0.15, 0.2) is 5.76 Å². The number of anilines is 1. The first-order chi connectivity index (χ1) is 19.8. The lowest BCUT2D eigenvalue weighted by Crippen LogP contribution is -2.54. The van der Waals surface area contributed by atoms with Crippen LogP contribution in [0, 0.1) is 13.8 Å². The second-order valence-corrected chi connectivity index (χ2v) is 9.98. The van der Waals surface area contributed by atoms with Gasteiger partial charge in [-0.25, -0.2) is 9.97 Å². The van der Waals surface area contributed by atoms with Gasteiger partial charge in [0.25, 0.3) is 11.8 Å². The van der Waals surface area contributed by atoms with Crippen molar-refractivity contribution in [1.82, 2.24) is 25.5 Å². The Kier molecular flexibility index (Phi) is 8.37. The van der Waals surface area contributed by atoms with E-state index < -0.39 is 11.9 Å². The number of rotatable bonds is 8. The molecule has 0 unspecified atom stereocenters. The van der Waals surface area contributed by atoms with Gasteiger partial charge in [0.2, 0.25) is 5.91 Å². The van der Waals surface area contributed by atoms with Gasteiger partial charge in [-0.3, -0.25) is 14.4 Å². The summed E-state index contributed by atoms with van der Waals surface area (Å²) in [6.45, 7) is 6.65. The van der Waals surface area contributed by atoms with E-state index in [1.54, 1.807) is 53.4 Å². The van der Waals surface area contributed by atoms with E-state index in [-0.39, 0.29) is 24.1 Å². The average Bonchev–Trinajstić information content (AvgIpc) is 3.48. The van der Waals surface area contributed by atoms with Gasteiger partial charge >= 0.3 is 0 Å². The van der Waals surface area contributed by atoms with Crippen LogP contribution in [0.1, 0.15) is 38.7 Å². The largest absolute Gasteiger partial charge is 0.451 e. The molecule has 1 fully saturated rings. The number of hydrogen-bond donors (Lipinski definition) is 4. The molecule has 5 rings (SSSR count). The van der Waals surface area contributed by atoms with Crippen molar-refractivity contribution < 1.29 is 18.8 Å². The molecule has 212 valence electrons. The van der Waals surface area contributed by atoms with Crippen molar-refractivity contribution in [2.45, 2.75) is 26.3 Å². The summed E-state index contributed by atoms with van der Waals surface area (Å²) >= 11 is 0. The molecule has 3 amide bonds. The van der Waals surface area contributed by atoms with E-state index in [9.17, 15) is 14.4 Å². The Morgan fingerprint density at radius 3 is 2.49 bits per heavy atom. The average molecular weight is 556 g/mol. The normalized spacial score (nSPS) is 14.1. The maximum absolute atomic E-state index is 13.0. The van der Waals surface area contributed by atoms with Crippen LogP contribution in [0.15, 0.2) is 59.0 Å². The zero-order chi connectivity index (χ0) is 28.9. The molecule has 11 heteroatoms. The summed E-state index contributed by atoms with van der Waals surface area (Å²) in [6.07, 6.45) is 0.326. The third-order valence-corrected chi connectivity index (χ3v) is 7.06. The highest BCUT2D eigenvalue weighted by molar-refractivity contribution is 6.06. The van der Waals surface area contributed by atoms with Crippen LogP contribution in [-0.2, 0) is 4.79 Å². The number of nitrogens with one attached hydrogen (secondary N) is 3. The molecule has 1 aliphatic rings. The lowest BCUT2D eigenvalue weighted by molar-refractivity contribution is -0.133. The topological polar surface area (TPSA) is 155 Å². The molecule has 0 aliphatic carbocycles. The molecule has 5 N–H and O–H groups in total. The first kappa shape index (κ1) is 27.9. The van der Waals surface area contributed by atoms with Crippen LogP contribution in [0.3, 0.4) is 0 Å². The molecule has 1 saturated heterocycles. The summed E-state index contributed by atoms with van der Waals surface area (Å²) in [7, 11) is 0. The fourth-order valence-electron chi connectivity index (χ4n) is 4.70. The Morgan fingerprint density at radius 2 is 1.73 bits per heavy atom. The van der Waals surface area contributed by atoms with Gasteiger partial charge in [-0.2, -0.15) is 0 Å². The van der Waals surface area contributed by atoms with Gasteiger partial charge < -0.3 is 31.0 Å². The molecule has 2 aromatic heterocycles. The maximum atomic E-state index is 13.0. The summed E-state index contributed by atoms with van der Waals surface area (Å²) < 4.78 is 5.84. The minimum absolute atomic E-state index is 0.0763. The number of nitrogens with two attached hydrogens (primary N) is 1. The van der Waals surface area contributed by atoms with Crippen LogP contribution in [0.2, 0.25) is 0 Å². The number of amides is 3. The third-order valence-electron chi connectivity index (χ3n) is 7.06. The van der Waals surface area contributed by atoms with E-state index in [4.69, 9.17) is 10.2 Å².